The highest BCUT2D eigenvalue weighted by atomic mass is 79.9. The zero-order chi connectivity index (χ0) is 24.2. The summed E-state index contributed by atoms with van der Waals surface area (Å²) in [6, 6.07) is 11.2. The molecule has 33 heavy (non-hydrogen) atoms. The average molecular weight is 537 g/mol. The number of carbonyl (C=O) groups is 1. The number of hydrogen-bond donors (Lipinski definition) is 1. The first-order valence-electron chi connectivity index (χ1n) is 10.5. The summed E-state index contributed by atoms with van der Waals surface area (Å²) >= 11 is 3.41. The summed E-state index contributed by atoms with van der Waals surface area (Å²) in [6.45, 7) is 7.59. The van der Waals surface area contributed by atoms with Crippen LogP contribution < -0.4 is 10.2 Å². The molecule has 0 saturated carbocycles. The van der Waals surface area contributed by atoms with E-state index in [9.17, 15) is 13.2 Å². The fourth-order valence-electron chi connectivity index (χ4n) is 3.21. The molecule has 1 fully saturated rings. The summed E-state index contributed by atoms with van der Waals surface area (Å²) in [4.78, 5) is 20.3. The van der Waals surface area contributed by atoms with Gasteiger partial charge < -0.3 is 19.9 Å². The second kappa shape index (κ2) is 10.1. The Morgan fingerprint density at radius 2 is 1.76 bits per heavy atom. The number of amides is 1. The number of benzene rings is 1. The fraction of sp³-hybridized carbons (Fsp3) is 0.391. The Labute approximate surface area is 203 Å². The van der Waals surface area contributed by atoms with Gasteiger partial charge in [-0.2, -0.15) is 0 Å². The van der Waals surface area contributed by atoms with Crippen molar-refractivity contribution in [3.05, 3.63) is 52.6 Å². The number of anilines is 2. The first-order chi connectivity index (χ1) is 15.4. The maximum absolute atomic E-state index is 12.3. The van der Waals surface area contributed by atoms with Crippen LogP contribution in [0.5, 0.6) is 0 Å². The predicted octanol–water partition coefficient (Wildman–Crippen LogP) is 4.39. The van der Waals surface area contributed by atoms with Crippen molar-refractivity contribution in [3.8, 4) is 0 Å². The topological polar surface area (TPSA) is 91.8 Å². The van der Waals surface area contributed by atoms with E-state index in [1.165, 1.54) is 0 Å². The first kappa shape index (κ1) is 25.0. The molecule has 10 heteroatoms. The van der Waals surface area contributed by atoms with E-state index >= 15 is 0 Å². The normalized spacial score (nSPS) is 15.1. The third kappa shape index (κ3) is 7.46. The van der Waals surface area contributed by atoms with E-state index in [-0.39, 0.29) is 11.1 Å². The lowest BCUT2D eigenvalue weighted by molar-refractivity contribution is 0.0240. The van der Waals surface area contributed by atoms with Crippen molar-refractivity contribution in [2.45, 2.75) is 31.4 Å². The SMILES string of the molecule is CC(C)(C)OC(=O)N1CCN(c2cc(NC=Cc3ccc(Br)cc3)nc(S(C)(=O)=O)c2)CC1. The van der Waals surface area contributed by atoms with Crippen LogP contribution >= 0.6 is 15.9 Å². The number of halogens is 1. The molecule has 3 rings (SSSR count). The molecule has 0 bridgehead atoms. The highest BCUT2D eigenvalue weighted by Gasteiger charge is 2.26. The number of aromatic nitrogens is 1. The van der Waals surface area contributed by atoms with Crippen molar-refractivity contribution >= 4 is 49.4 Å². The number of carbonyl (C=O) groups excluding carboxylic acids is 1. The minimum absolute atomic E-state index is 0.00545. The Morgan fingerprint density at radius 1 is 1.12 bits per heavy atom. The van der Waals surface area contributed by atoms with E-state index in [1.54, 1.807) is 17.2 Å². The van der Waals surface area contributed by atoms with Crippen molar-refractivity contribution in [2.24, 2.45) is 0 Å². The number of piperazine rings is 1. The molecule has 1 amide bonds. The smallest absolute Gasteiger partial charge is 0.410 e. The zero-order valence-corrected chi connectivity index (χ0v) is 21.6. The van der Waals surface area contributed by atoms with Crippen LogP contribution in [0.4, 0.5) is 16.3 Å². The van der Waals surface area contributed by atoms with E-state index in [2.05, 4.69) is 26.2 Å². The lowest BCUT2D eigenvalue weighted by Gasteiger charge is -2.36. The monoisotopic (exact) mass is 536 g/mol. The lowest BCUT2D eigenvalue weighted by atomic mass is 10.2. The Balaban J connectivity index is 1.74. The van der Waals surface area contributed by atoms with E-state index in [1.807, 2.05) is 62.1 Å². The van der Waals surface area contributed by atoms with Gasteiger partial charge in [0, 0.05) is 54.9 Å². The lowest BCUT2D eigenvalue weighted by Crippen LogP contribution is -2.50. The van der Waals surface area contributed by atoms with Crippen LogP contribution in [-0.2, 0) is 14.6 Å². The van der Waals surface area contributed by atoms with Gasteiger partial charge in [-0.3, -0.25) is 0 Å². The predicted molar refractivity (Wildman–Crippen MR) is 134 cm³/mol. The molecule has 2 aromatic rings. The van der Waals surface area contributed by atoms with Gasteiger partial charge in [-0.25, -0.2) is 18.2 Å². The molecule has 0 spiro atoms. The summed E-state index contributed by atoms with van der Waals surface area (Å²) in [7, 11) is -3.50. The molecule has 1 aliphatic rings. The molecule has 0 unspecified atom stereocenters. The molecular weight excluding hydrogens is 508 g/mol. The number of rotatable bonds is 5. The number of ether oxygens (including phenoxy) is 1. The summed E-state index contributed by atoms with van der Waals surface area (Å²) in [5.74, 6) is 0.427. The second-order valence-corrected chi connectivity index (χ2v) is 11.7. The third-order valence-electron chi connectivity index (χ3n) is 4.84. The molecule has 1 aliphatic heterocycles. The molecule has 1 aromatic heterocycles. The van der Waals surface area contributed by atoms with Gasteiger partial charge in [0.15, 0.2) is 14.9 Å². The van der Waals surface area contributed by atoms with Crippen LogP contribution in [-0.4, -0.2) is 62.4 Å². The van der Waals surface area contributed by atoms with E-state index in [0.717, 1.165) is 22.0 Å². The van der Waals surface area contributed by atoms with Crippen molar-refractivity contribution in [1.29, 1.82) is 0 Å². The van der Waals surface area contributed by atoms with Crippen molar-refractivity contribution in [2.75, 3.05) is 42.7 Å². The summed E-state index contributed by atoms with van der Waals surface area (Å²) in [5.41, 5.74) is 1.17. The van der Waals surface area contributed by atoms with Crippen molar-refractivity contribution in [1.82, 2.24) is 9.88 Å². The second-order valence-electron chi connectivity index (χ2n) is 8.80. The number of nitrogens with zero attached hydrogens (tertiary/aromatic N) is 3. The number of hydrogen-bond acceptors (Lipinski definition) is 7. The first-order valence-corrected chi connectivity index (χ1v) is 13.2. The highest BCUT2D eigenvalue weighted by Crippen LogP contribution is 2.24. The van der Waals surface area contributed by atoms with Gasteiger partial charge in [-0.1, -0.05) is 28.1 Å². The molecule has 0 radical (unpaired) electrons. The van der Waals surface area contributed by atoms with Crippen molar-refractivity contribution < 1.29 is 17.9 Å². The Bertz CT molecular complexity index is 1120. The number of sulfone groups is 1. The Morgan fingerprint density at radius 3 is 2.33 bits per heavy atom. The largest absolute Gasteiger partial charge is 0.444 e. The molecule has 178 valence electrons. The van der Waals surface area contributed by atoms with Crippen molar-refractivity contribution in [3.63, 3.8) is 0 Å². The van der Waals surface area contributed by atoms with Gasteiger partial charge in [0.2, 0.25) is 0 Å². The van der Waals surface area contributed by atoms with Crippen LogP contribution in [0.15, 0.2) is 52.1 Å². The zero-order valence-electron chi connectivity index (χ0n) is 19.2. The molecule has 1 N–H and O–H groups in total. The number of pyridine rings is 1. The van der Waals surface area contributed by atoms with Gasteiger partial charge in [0.1, 0.15) is 11.4 Å². The highest BCUT2D eigenvalue weighted by molar-refractivity contribution is 9.10. The number of nitrogens with one attached hydrogen (secondary N) is 1. The minimum Gasteiger partial charge on any atom is -0.444 e. The Kier molecular flexibility index (Phi) is 7.69. The van der Waals surface area contributed by atoms with Crippen LogP contribution in [0.2, 0.25) is 0 Å². The minimum atomic E-state index is -3.50. The Hall–Kier alpha value is -2.59. The van der Waals surface area contributed by atoms with E-state index in [4.69, 9.17) is 4.74 Å². The van der Waals surface area contributed by atoms with Crippen LogP contribution in [0, 0.1) is 0 Å². The van der Waals surface area contributed by atoms with Crippen LogP contribution in [0.3, 0.4) is 0 Å². The van der Waals surface area contributed by atoms with Crippen LogP contribution in [0.1, 0.15) is 26.3 Å². The maximum atomic E-state index is 12.3. The van der Waals surface area contributed by atoms with Gasteiger partial charge in [0.05, 0.1) is 0 Å². The average Bonchev–Trinajstić information content (AvgIpc) is 2.73. The standard InChI is InChI=1S/C23H29BrN4O4S/c1-23(2,3)32-22(29)28-13-11-27(12-14-28)19-15-20(26-21(16-19)33(4,30)31)25-10-9-17-5-7-18(24)8-6-17/h5-10,15-16H,11-14H2,1-4H3,(H,25,26). The maximum Gasteiger partial charge on any atom is 0.410 e. The van der Waals surface area contributed by atoms with Gasteiger partial charge >= 0.3 is 6.09 Å². The van der Waals surface area contributed by atoms with E-state index in [0.29, 0.717) is 32.0 Å². The molecule has 1 saturated heterocycles. The van der Waals surface area contributed by atoms with Gasteiger partial charge in [-0.05, 0) is 50.6 Å². The molecule has 0 aliphatic carbocycles. The van der Waals surface area contributed by atoms with Gasteiger partial charge in [-0.15, -0.1) is 0 Å². The molecule has 2 heterocycles. The molecule has 1 aromatic carbocycles. The summed E-state index contributed by atoms with van der Waals surface area (Å²) in [5, 5.41) is 3.07. The molecule has 8 nitrogen and oxygen atoms in total. The molecule has 0 atom stereocenters. The summed E-state index contributed by atoms with van der Waals surface area (Å²) < 4.78 is 30.9. The third-order valence-corrected chi connectivity index (χ3v) is 6.34. The molecular formula is C23H29BrN4O4S. The summed E-state index contributed by atoms with van der Waals surface area (Å²) in [6.07, 6.45) is 4.40. The fourth-order valence-corrected chi connectivity index (χ4v) is 4.07. The van der Waals surface area contributed by atoms with Crippen LogP contribution in [0.25, 0.3) is 6.08 Å². The quantitative estimate of drug-likeness (QED) is 0.605. The van der Waals surface area contributed by atoms with E-state index < -0.39 is 15.4 Å². The van der Waals surface area contributed by atoms with Gasteiger partial charge in [0.25, 0.3) is 0 Å².